The fourth-order valence-corrected chi connectivity index (χ4v) is 1.43. The van der Waals surface area contributed by atoms with Gasteiger partial charge in [-0.1, -0.05) is 48.3 Å². The van der Waals surface area contributed by atoms with Crippen molar-refractivity contribution in [2.24, 2.45) is 16.8 Å². The number of amides is 1. The first-order chi connectivity index (χ1) is 8.41. The fraction of sp³-hybridized carbons (Fsp3) is 0.333. The predicted molar refractivity (Wildman–Crippen MR) is 73.0 cm³/mol. The Bertz CT molecular complexity index is 473. The summed E-state index contributed by atoms with van der Waals surface area (Å²) in [6, 6.07) is 4.70. The molecule has 0 heterocycles. The molecule has 0 bridgehead atoms. The molecule has 0 atom stereocenters. The number of hydrogen-bond donors (Lipinski definition) is 1. The van der Waals surface area contributed by atoms with Gasteiger partial charge in [-0.3, -0.25) is 4.79 Å². The van der Waals surface area contributed by atoms with Crippen molar-refractivity contribution in [3.8, 4) is 0 Å². The molecule has 1 aromatic rings. The normalized spacial score (nSPS) is 11.7. The molecular weight excluding hydrogens is 275 g/mol. The van der Waals surface area contributed by atoms with Gasteiger partial charge in [-0.05, 0) is 18.1 Å². The molecule has 0 aromatic heterocycles. The summed E-state index contributed by atoms with van der Waals surface area (Å²) in [6.45, 7) is 4.34. The molecule has 0 radical (unpaired) electrons. The average molecular weight is 289 g/mol. The van der Waals surface area contributed by atoms with Crippen molar-refractivity contribution in [1.82, 2.24) is 0 Å². The highest BCUT2D eigenvalue weighted by atomic mass is 35.5. The van der Waals surface area contributed by atoms with Crippen LogP contribution in [0.5, 0.6) is 0 Å². The van der Waals surface area contributed by atoms with Crippen LogP contribution in [0.3, 0.4) is 0 Å². The molecule has 6 heteroatoms. The smallest absolute Gasteiger partial charge is 0.271 e. The molecule has 0 unspecified atom stereocenters. The van der Waals surface area contributed by atoms with E-state index in [1.54, 1.807) is 12.1 Å². The van der Waals surface area contributed by atoms with Crippen LogP contribution in [0, 0.1) is 5.92 Å². The van der Waals surface area contributed by atoms with Crippen molar-refractivity contribution in [2.75, 3.05) is 6.61 Å². The summed E-state index contributed by atoms with van der Waals surface area (Å²) in [5.74, 6) is -0.381. The maximum absolute atomic E-state index is 11.3. The first kappa shape index (κ1) is 14.8. The minimum atomic E-state index is -0.683. The maximum atomic E-state index is 11.3. The number of halogens is 2. The van der Waals surface area contributed by atoms with Crippen LogP contribution in [-0.2, 0) is 9.63 Å². The summed E-state index contributed by atoms with van der Waals surface area (Å²) in [6.07, 6.45) is 0. The highest BCUT2D eigenvalue weighted by molar-refractivity contribution is 6.46. The Labute approximate surface area is 116 Å². The highest BCUT2D eigenvalue weighted by Gasteiger charge is 2.13. The van der Waals surface area contributed by atoms with E-state index in [-0.39, 0.29) is 5.71 Å². The molecule has 1 rings (SSSR count). The Kier molecular flexibility index (Phi) is 5.44. The van der Waals surface area contributed by atoms with Crippen molar-refractivity contribution in [3.05, 3.63) is 33.8 Å². The van der Waals surface area contributed by atoms with E-state index < -0.39 is 5.91 Å². The van der Waals surface area contributed by atoms with Gasteiger partial charge in [0.05, 0.1) is 10.0 Å². The van der Waals surface area contributed by atoms with Crippen molar-refractivity contribution in [2.45, 2.75) is 13.8 Å². The van der Waals surface area contributed by atoms with E-state index in [4.69, 9.17) is 33.8 Å². The van der Waals surface area contributed by atoms with Crippen molar-refractivity contribution in [1.29, 1.82) is 0 Å². The summed E-state index contributed by atoms with van der Waals surface area (Å²) < 4.78 is 0. The number of carbonyl (C=O) groups is 1. The van der Waals surface area contributed by atoms with E-state index in [0.717, 1.165) is 0 Å². The zero-order chi connectivity index (χ0) is 13.7. The lowest BCUT2D eigenvalue weighted by Gasteiger charge is -2.06. The number of nitrogens with zero attached hydrogens (tertiary/aromatic N) is 1. The fourth-order valence-electron chi connectivity index (χ4n) is 1.13. The van der Waals surface area contributed by atoms with Crippen molar-refractivity contribution in [3.63, 3.8) is 0 Å². The summed E-state index contributed by atoms with van der Waals surface area (Å²) >= 11 is 11.7. The van der Waals surface area contributed by atoms with Gasteiger partial charge in [-0.15, -0.1) is 0 Å². The van der Waals surface area contributed by atoms with E-state index in [2.05, 4.69) is 5.16 Å². The Balaban J connectivity index is 2.97. The average Bonchev–Trinajstić information content (AvgIpc) is 2.27. The second kappa shape index (κ2) is 6.61. The maximum Gasteiger partial charge on any atom is 0.271 e. The third kappa shape index (κ3) is 4.20. The zero-order valence-corrected chi connectivity index (χ0v) is 11.6. The van der Waals surface area contributed by atoms with E-state index in [0.29, 0.717) is 28.1 Å². The van der Waals surface area contributed by atoms with Crippen LogP contribution in [0.15, 0.2) is 23.4 Å². The molecule has 18 heavy (non-hydrogen) atoms. The van der Waals surface area contributed by atoms with Gasteiger partial charge < -0.3 is 10.6 Å². The number of primary amides is 1. The van der Waals surface area contributed by atoms with Gasteiger partial charge in [-0.2, -0.15) is 0 Å². The molecule has 0 saturated heterocycles. The third-order valence-corrected chi connectivity index (χ3v) is 2.73. The molecule has 0 aliphatic heterocycles. The minimum Gasteiger partial charge on any atom is -0.395 e. The second-order valence-corrected chi connectivity index (χ2v) is 4.94. The third-order valence-electron chi connectivity index (χ3n) is 1.99. The van der Waals surface area contributed by atoms with Crippen LogP contribution in [-0.4, -0.2) is 18.2 Å². The molecular formula is C12H14Cl2N2O2. The van der Waals surface area contributed by atoms with Gasteiger partial charge in [-0.25, -0.2) is 0 Å². The van der Waals surface area contributed by atoms with Crippen LogP contribution in [0.2, 0.25) is 10.0 Å². The molecule has 0 fully saturated rings. The number of hydrogen-bond acceptors (Lipinski definition) is 3. The molecule has 1 aromatic carbocycles. The molecule has 0 aliphatic carbocycles. The summed E-state index contributed by atoms with van der Waals surface area (Å²) in [4.78, 5) is 16.4. The summed E-state index contributed by atoms with van der Waals surface area (Å²) in [5.41, 5.74) is 5.74. The van der Waals surface area contributed by atoms with Crippen molar-refractivity contribution >= 4 is 34.8 Å². The molecule has 0 aliphatic rings. The summed E-state index contributed by atoms with van der Waals surface area (Å²) in [5, 5.41) is 4.47. The van der Waals surface area contributed by atoms with E-state index >= 15 is 0 Å². The van der Waals surface area contributed by atoms with Crippen LogP contribution in [0.25, 0.3) is 0 Å². The van der Waals surface area contributed by atoms with Gasteiger partial charge in [0.2, 0.25) is 0 Å². The predicted octanol–water partition coefficient (Wildman–Crippen LogP) is 2.86. The second-order valence-electron chi connectivity index (χ2n) is 4.12. The van der Waals surface area contributed by atoms with Gasteiger partial charge in [0, 0.05) is 5.56 Å². The van der Waals surface area contributed by atoms with Crippen LogP contribution < -0.4 is 5.73 Å². The van der Waals surface area contributed by atoms with E-state index in [1.165, 1.54) is 6.07 Å². The standard InChI is InChI=1S/C12H14Cl2N2O2/c1-7(2)6-18-16-11(12(15)17)8-3-4-9(13)10(14)5-8/h3-5,7H,6H2,1-2H3,(H2,15,17)/b16-11+. The van der Waals surface area contributed by atoms with E-state index in [1.807, 2.05) is 13.8 Å². The monoisotopic (exact) mass is 288 g/mol. The molecule has 1 amide bonds. The Morgan fingerprint density at radius 2 is 2.06 bits per heavy atom. The first-order valence-corrected chi connectivity index (χ1v) is 6.12. The lowest BCUT2D eigenvalue weighted by Crippen LogP contribution is -2.24. The van der Waals surface area contributed by atoms with Crippen LogP contribution in [0.1, 0.15) is 19.4 Å². The molecule has 98 valence electrons. The molecule has 0 saturated carbocycles. The molecule has 2 N–H and O–H groups in total. The van der Waals surface area contributed by atoms with Crippen LogP contribution in [0.4, 0.5) is 0 Å². The van der Waals surface area contributed by atoms with Gasteiger partial charge >= 0.3 is 0 Å². The highest BCUT2D eigenvalue weighted by Crippen LogP contribution is 2.23. The number of benzene rings is 1. The topological polar surface area (TPSA) is 64.7 Å². The number of oxime groups is 1. The zero-order valence-electron chi connectivity index (χ0n) is 10.1. The van der Waals surface area contributed by atoms with Gasteiger partial charge in [0.15, 0.2) is 5.71 Å². The number of rotatable bonds is 5. The SMILES string of the molecule is CC(C)CO/N=C(/C(N)=O)c1ccc(Cl)c(Cl)c1. The minimum absolute atomic E-state index is 0.0224. The Hall–Kier alpha value is -1.26. The largest absolute Gasteiger partial charge is 0.395 e. The first-order valence-electron chi connectivity index (χ1n) is 5.37. The lowest BCUT2D eigenvalue weighted by molar-refractivity contribution is -0.112. The Morgan fingerprint density at radius 3 is 2.56 bits per heavy atom. The molecule has 0 spiro atoms. The van der Waals surface area contributed by atoms with Crippen LogP contribution >= 0.6 is 23.2 Å². The van der Waals surface area contributed by atoms with Crippen molar-refractivity contribution < 1.29 is 9.63 Å². The number of nitrogens with two attached hydrogens (primary N) is 1. The molecule has 4 nitrogen and oxygen atoms in total. The van der Waals surface area contributed by atoms with E-state index in [9.17, 15) is 4.79 Å². The Morgan fingerprint density at radius 1 is 1.39 bits per heavy atom. The quantitative estimate of drug-likeness (QED) is 0.669. The lowest BCUT2D eigenvalue weighted by atomic mass is 10.1. The van der Waals surface area contributed by atoms with Gasteiger partial charge in [0.25, 0.3) is 5.91 Å². The number of carbonyl (C=O) groups excluding carboxylic acids is 1. The summed E-state index contributed by atoms with van der Waals surface area (Å²) in [7, 11) is 0. The van der Waals surface area contributed by atoms with Gasteiger partial charge in [0.1, 0.15) is 6.61 Å².